The first kappa shape index (κ1) is 23.4. The predicted octanol–water partition coefficient (Wildman–Crippen LogP) is 3.57. The molecule has 1 saturated heterocycles. The maximum absolute atomic E-state index is 14.9. The Bertz CT molecular complexity index is 1230. The number of likely N-dealkylation sites (N-methyl/N-ethyl adjacent to an activating group) is 1. The Balaban J connectivity index is 1.61. The molecule has 1 aromatic carbocycles. The first-order valence-corrected chi connectivity index (χ1v) is 12.3. The summed E-state index contributed by atoms with van der Waals surface area (Å²) < 4.78 is 58.1. The van der Waals surface area contributed by atoms with Gasteiger partial charge in [-0.3, -0.25) is 4.79 Å². The zero-order valence-corrected chi connectivity index (χ0v) is 19.4. The highest BCUT2D eigenvalue weighted by Gasteiger charge is 2.26. The van der Waals surface area contributed by atoms with E-state index in [2.05, 4.69) is 30.2 Å². The fraction of sp³-hybridized carbons (Fsp3) is 0.350. The average molecular weight is 499 g/mol. The van der Waals surface area contributed by atoms with Crippen molar-refractivity contribution < 1.29 is 22.2 Å². The van der Waals surface area contributed by atoms with E-state index in [-0.39, 0.29) is 17.4 Å². The number of amides is 1. The van der Waals surface area contributed by atoms with Crippen molar-refractivity contribution in [1.29, 1.82) is 0 Å². The van der Waals surface area contributed by atoms with E-state index in [0.717, 1.165) is 13.1 Å². The van der Waals surface area contributed by atoms with Crippen LogP contribution in [0.2, 0.25) is 0 Å². The van der Waals surface area contributed by atoms with Gasteiger partial charge in [0, 0.05) is 30.3 Å². The molecule has 176 valence electrons. The lowest BCUT2D eigenvalue weighted by molar-refractivity contribution is 0.102. The Hall–Kier alpha value is -2.77. The fourth-order valence-electron chi connectivity index (χ4n) is 3.43. The van der Waals surface area contributed by atoms with Gasteiger partial charge in [0.05, 0.1) is 27.5 Å². The quantitative estimate of drug-likeness (QED) is 0.411. The molecule has 4 rings (SSSR count). The van der Waals surface area contributed by atoms with Gasteiger partial charge < -0.3 is 20.3 Å². The summed E-state index contributed by atoms with van der Waals surface area (Å²) in [7, 11) is 0.306. The lowest BCUT2D eigenvalue weighted by atomic mass is 10.1. The molecule has 0 bridgehead atoms. The normalized spacial score (nSPS) is 15.3. The number of rotatable bonds is 8. The summed E-state index contributed by atoms with van der Waals surface area (Å²) in [6.45, 7) is 3.47. The number of carbonyl (C=O) groups excluding carboxylic acids is 1. The number of thiophene rings is 1. The topological polar surface area (TPSA) is 99.2 Å². The Morgan fingerprint density at radius 3 is 2.73 bits per heavy atom. The number of aromatic nitrogens is 2. The minimum absolute atomic E-state index is 0.0679. The molecule has 1 fully saturated rings. The van der Waals surface area contributed by atoms with E-state index in [1.807, 2.05) is 7.05 Å². The van der Waals surface area contributed by atoms with E-state index in [9.17, 15) is 22.2 Å². The molecule has 1 amide bonds. The van der Waals surface area contributed by atoms with Crippen molar-refractivity contribution >= 4 is 55.6 Å². The highest BCUT2D eigenvalue weighted by Crippen LogP contribution is 2.33. The van der Waals surface area contributed by atoms with Crippen LogP contribution in [0.3, 0.4) is 0 Å². The molecule has 3 aromatic rings. The molecular formula is C20H21F3N6O2S2. The summed E-state index contributed by atoms with van der Waals surface area (Å²) >= 11 is 1.21. The Labute approximate surface area is 194 Å². The summed E-state index contributed by atoms with van der Waals surface area (Å²) in [5.74, 6) is -4.31. The van der Waals surface area contributed by atoms with Crippen LogP contribution in [0, 0.1) is 17.5 Å². The van der Waals surface area contributed by atoms with Crippen LogP contribution in [0.1, 0.15) is 23.7 Å². The molecule has 3 N–H and O–H groups in total. The molecule has 1 atom stereocenters. The van der Waals surface area contributed by atoms with Gasteiger partial charge >= 0.3 is 0 Å². The number of hydrogen-bond acceptors (Lipinski definition) is 7. The molecule has 33 heavy (non-hydrogen) atoms. The van der Waals surface area contributed by atoms with Crippen LogP contribution < -0.4 is 15.4 Å². The van der Waals surface area contributed by atoms with Gasteiger partial charge in [-0.05, 0) is 13.5 Å². The number of halogens is 3. The molecule has 0 spiro atoms. The number of likely N-dealkylation sites (tertiary alicyclic amines) is 1. The van der Waals surface area contributed by atoms with E-state index in [1.165, 1.54) is 23.0 Å². The van der Waals surface area contributed by atoms with E-state index in [0.29, 0.717) is 28.5 Å². The minimum atomic E-state index is -1.69. The third kappa shape index (κ3) is 4.80. The number of hydrogen-bond donors (Lipinski definition) is 3. The van der Waals surface area contributed by atoms with Gasteiger partial charge in [0.2, 0.25) is 0 Å². The summed E-state index contributed by atoms with van der Waals surface area (Å²) in [5.41, 5.74) is -1.11. The van der Waals surface area contributed by atoms with Crippen LogP contribution in [0.5, 0.6) is 0 Å². The molecule has 1 unspecified atom stereocenters. The smallest absolute Gasteiger partial charge is 0.258 e. The highest BCUT2D eigenvalue weighted by molar-refractivity contribution is 7.86. The van der Waals surface area contributed by atoms with Gasteiger partial charge in [-0.2, -0.15) is 0 Å². The standard InChI is InChI=1S/C20H21F3N6O2S2/c1-3-4-33(31)28-13-5-12(21)14(22)17(15(13)23)27-20(30)11-8-32-18-16(11)24-9-25-19(18)26-10-6-29(2)7-10/h5,8-10,28H,3-4,6-7H2,1-2H3,(H,27,30)(H,24,25,26). The second kappa shape index (κ2) is 9.61. The van der Waals surface area contributed by atoms with Gasteiger partial charge in [-0.25, -0.2) is 27.3 Å². The monoisotopic (exact) mass is 498 g/mol. The third-order valence-electron chi connectivity index (χ3n) is 5.01. The Morgan fingerprint density at radius 2 is 2.03 bits per heavy atom. The molecule has 3 heterocycles. The first-order valence-electron chi connectivity index (χ1n) is 10.1. The zero-order chi connectivity index (χ0) is 23.7. The molecule has 0 saturated carbocycles. The Morgan fingerprint density at radius 1 is 1.27 bits per heavy atom. The molecular weight excluding hydrogens is 477 g/mol. The van der Waals surface area contributed by atoms with Gasteiger partial charge in [-0.15, -0.1) is 11.3 Å². The highest BCUT2D eigenvalue weighted by atomic mass is 32.2. The van der Waals surface area contributed by atoms with E-state index in [1.54, 1.807) is 6.92 Å². The SMILES string of the molecule is CCCS(=O)Nc1cc(F)c(F)c(NC(=O)c2csc3c(NC4CN(C)C4)ncnc23)c1F. The molecule has 8 nitrogen and oxygen atoms in total. The number of fused-ring (bicyclic) bond motifs is 1. The molecule has 0 aliphatic carbocycles. The number of nitrogens with one attached hydrogen (secondary N) is 3. The van der Waals surface area contributed by atoms with Crippen molar-refractivity contribution in [2.75, 3.05) is 41.2 Å². The van der Waals surface area contributed by atoms with Crippen molar-refractivity contribution in [2.24, 2.45) is 0 Å². The van der Waals surface area contributed by atoms with Crippen molar-refractivity contribution in [3.63, 3.8) is 0 Å². The third-order valence-corrected chi connectivity index (χ3v) is 7.21. The fourth-order valence-corrected chi connectivity index (χ4v) is 5.24. The minimum Gasteiger partial charge on any atom is -0.363 e. The molecule has 0 radical (unpaired) electrons. The van der Waals surface area contributed by atoms with Crippen LogP contribution >= 0.6 is 11.3 Å². The number of anilines is 3. The number of benzene rings is 1. The van der Waals surface area contributed by atoms with Gasteiger partial charge in [-0.1, -0.05) is 6.92 Å². The van der Waals surface area contributed by atoms with Gasteiger partial charge in [0.15, 0.2) is 17.5 Å². The summed E-state index contributed by atoms with van der Waals surface area (Å²) in [6, 6.07) is 0.781. The lowest BCUT2D eigenvalue weighted by Crippen LogP contribution is -2.52. The van der Waals surface area contributed by atoms with E-state index >= 15 is 0 Å². The predicted molar refractivity (Wildman–Crippen MR) is 124 cm³/mol. The maximum Gasteiger partial charge on any atom is 0.258 e. The summed E-state index contributed by atoms with van der Waals surface area (Å²) in [5, 5.41) is 6.89. The summed E-state index contributed by atoms with van der Waals surface area (Å²) in [6.07, 6.45) is 1.83. The van der Waals surface area contributed by atoms with E-state index < -0.39 is 45.7 Å². The van der Waals surface area contributed by atoms with Crippen LogP contribution in [-0.2, 0) is 11.0 Å². The number of carbonyl (C=O) groups is 1. The average Bonchev–Trinajstić information content (AvgIpc) is 3.19. The van der Waals surface area contributed by atoms with Gasteiger partial charge in [0.1, 0.15) is 28.8 Å². The van der Waals surface area contributed by atoms with E-state index in [4.69, 9.17) is 0 Å². The van der Waals surface area contributed by atoms with Gasteiger partial charge in [0.25, 0.3) is 5.91 Å². The molecule has 1 aliphatic rings. The van der Waals surface area contributed by atoms with Crippen molar-refractivity contribution in [2.45, 2.75) is 19.4 Å². The van der Waals surface area contributed by atoms with Crippen LogP contribution in [0.4, 0.5) is 30.4 Å². The van der Waals surface area contributed by atoms with Crippen LogP contribution in [0.15, 0.2) is 17.8 Å². The molecule has 2 aromatic heterocycles. The second-order valence-electron chi connectivity index (χ2n) is 7.63. The summed E-state index contributed by atoms with van der Waals surface area (Å²) in [4.78, 5) is 23.4. The Kier molecular flexibility index (Phi) is 6.81. The molecule has 1 aliphatic heterocycles. The largest absolute Gasteiger partial charge is 0.363 e. The molecule has 13 heteroatoms. The second-order valence-corrected chi connectivity index (χ2v) is 9.81. The van der Waals surface area contributed by atoms with Crippen LogP contribution in [0.25, 0.3) is 10.2 Å². The zero-order valence-electron chi connectivity index (χ0n) is 17.7. The number of nitrogens with zero attached hydrogens (tertiary/aromatic N) is 3. The maximum atomic E-state index is 14.9. The van der Waals surface area contributed by atoms with Crippen molar-refractivity contribution in [3.05, 3.63) is 40.8 Å². The van der Waals surface area contributed by atoms with Crippen LogP contribution in [-0.4, -0.2) is 56.9 Å². The first-order chi connectivity index (χ1) is 15.8. The van der Waals surface area contributed by atoms with Crippen molar-refractivity contribution in [1.82, 2.24) is 14.9 Å². The lowest BCUT2D eigenvalue weighted by Gasteiger charge is -2.36. The van der Waals surface area contributed by atoms with Crippen molar-refractivity contribution in [3.8, 4) is 0 Å².